The third-order valence-electron chi connectivity index (χ3n) is 6.23. The van der Waals surface area contributed by atoms with Crippen molar-refractivity contribution in [3.63, 3.8) is 0 Å². The zero-order valence-corrected chi connectivity index (χ0v) is 21.0. The molecule has 4 rings (SSSR count). The van der Waals surface area contributed by atoms with Crippen molar-refractivity contribution < 1.29 is 33.3 Å². The topological polar surface area (TPSA) is 102 Å². The van der Waals surface area contributed by atoms with E-state index in [1.165, 1.54) is 26.2 Å². The van der Waals surface area contributed by atoms with E-state index in [4.69, 9.17) is 18.6 Å². The number of fused-ring (bicyclic) bond motifs is 1. The van der Waals surface area contributed by atoms with E-state index in [1.54, 1.807) is 42.5 Å². The third kappa shape index (κ3) is 4.37. The Bertz CT molecular complexity index is 1320. The van der Waals surface area contributed by atoms with Crippen molar-refractivity contribution in [3.8, 4) is 17.2 Å². The molecular formula is C27H30N2O7. The Morgan fingerprint density at radius 1 is 1.06 bits per heavy atom. The van der Waals surface area contributed by atoms with Crippen LogP contribution < -0.4 is 14.2 Å². The Morgan fingerprint density at radius 3 is 2.42 bits per heavy atom. The molecular weight excluding hydrogens is 464 g/mol. The van der Waals surface area contributed by atoms with Gasteiger partial charge in [0.15, 0.2) is 34.4 Å². The highest BCUT2D eigenvalue weighted by Gasteiger charge is 2.45. The number of aliphatic hydroxyl groups is 1. The van der Waals surface area contributed by atoms with Crippen LogP contribution in [0, 0.1) is 0 Å². The SMILES string of the molecule is COc1cccc([C@@H]2C(C(=O)c3cc4cccc(OC)c4o3)=C(O)C(=O)N2CCCN(C)C)c1OC. The highest BCUT2D eigenvalue weighted by molar-refractivity contribution is 6.16. The van der Waals surface area contributed by atoms with Crippen molar-refractivity contribution in [1.29, 1.82) is 0 Å². The molecule has 1 aliphatic heterocycles. The second-order valence-corrected chi connectivity index (χ2v) is 8.72. The van der Waals surface area contributed by atoms with E-state index in [0.29, 0.717) is 46.7 Å². The first-order chi connectivity index (χ1) is 17.3. The summed E-state index contributed by atoms with van der Waals surface area (Å²) in [6.07, 6.45) is 0.637. The van der Waals surface area contributed by atoms with Crippen molar-refractivity contribution in [2.45, 2.75) is 12.5 Å². The van der Waals surface area contributed by atoms with Gasteiger partial charge in [-0.1, -0.05) is 24.3 Å². The number of hydrogen-bond donors (Lipinski definition) is 1. The van der Waals surface area contributed by atoms with Gasteiger partial charge in [-0.25, -0.2) is 0 Å². The molecule has 1 atom stereocenters. The molecule has 0 radical (unpaired) electrons. The number of para-hydroxylation sites is 2. The number of furan rings is 1. The van der Waals surface area contributed by atoms with Gasteiger partial charge in [0.25, 0.3) is 5.91 Å². The molecule has 0 bridgehead atoms. The molecule has 9 nitrogen and oxygen atoms in total. The van der Waals surface area contributed by atoms with Gasteiger partial charge in [-0.3, -0.25) is 9.59 Å². The number of aliphatic hydroxyl groups excluding tert-OH is 1. The van der Waals surface area contributed by atoms with Crippen LogP contribution in [0.15, 0.2) is 58.2 Å². The van der Waals surface area contributed by atoms with E-state index in [-0.39, 0.29) is 11.3 Å². The van der Waals surface area contributed by atoms with Crippen LogP contribution >= 0.6 is 0 Å². The highest BCUT2D eigenvalue weighted by atomic mass is 16.5. The Hall–Kier alpha value is -3.98. The minimum absolute atomic E-state index is 0.00847. The number of carbonyl (C=O) groups is 2. The minimum Gasteiger partial charge on any atom is -0.503 e. The van der Waals surface area contributed by atoms with Gasteiger partial charge in [-0.05, 0) is 45.3 Å². The second-order valence-electron chi connectivity index (χ2n) is 8.72. The molecule has 0 spiro atoms. The number of methoxy groups -OCH3 is 3. The van der Waals surface area contributed by atoms with Crippen molar-refractivity contribution in [1.82, 2.24) is 9.80 Å². The molecule has 1 aromatic heterocycles. The van der Waals surface area contributed by atoms with Crippen molar-refractivity contribution in [3.05, 3.63) is 65.1 Å². The first-order valence-electron chi connectivity index (χ1n) is 11.5. The molecule has 0 unspecified atom stereocenters. The summed E-state index contributed by atoms with van der Waals surface area (Å²) >= 11 is 0. The van der Waals surface area contributed by atoms with E-state index < -0.39 is 23.5 Å². The highest BCUT2D eigenvalue weighted by Crippen LogP contribution is 2.45. The van der Waals surface area contributed by atoms with Crippen LogP contribution in [0.2, 0.25) is 0 Å². The van der Waals surface area contributed by atoms with E-state index >= 15 is 0 Å². The fourth-order valence-corrected chi connectivity index (χ4v) is 4.57. The van der Waals surface area contributed by atoms with Gasteiger partial charge in [-0.2, -0.15) is 0 Å². The Balaban J connectivity index is 1.84. The summed E-state index contributed by atoms with van der Waals surface area (Å²) in [7, 11) is 8.39. The van der Waals surface area contributed by atoms with Gasteiger partial charge in [0.2, 0.25) is 5.78 Å². The average Bonchev–Trinajstić information content (AvgIpc) is 3.42. The molecule has 2 aromatic carbocycles. The molecule has 1 N–H and O–H groups in total. The van der Waals surface area contributed by atoms with Crippen LogP contribution in [-0.2, 0) is 4.79 Å². The van der Waals surface area contributed by atoms with Crippen LogP contribution in [0.1, 0.15) is 28.6 Å². The van der Waals surface area contributed by atoms with E-state index in [2.05, 4.69) is 0 Å². The molecule has 2 heterocycles. The van der Waals surface area contributed by atoms with E-state index in [9.17, 15) is 14.7 Å². The maximum atomic E-state index is 13.8. The molecule has 0 saturated carbocycles. The van der Waals surface area contributed by atoms with Gasteiger partial charge in [-0.15, -0.1) is 0 Å². The number of hydrogen-bond acceptors (Lipinski definition) is 8. The predicted octanol–water partition coefficient (Wildman–Crippen LogP) is 3.99. The summed E-state index contributed by atoms with van der Waals surface area (Å²) in [6, 6.07) is 11.2. The van der Waals surface area contributed by atoms with Gasteiger partial charge in [0, 0.05) is 17.5 Å². The minimum atomic E-state index is -0.896. The third-order valence-corrected chi connectivity index (χ3v) is 6.23. The summed E-state index contributed by atoms with van der Waals surface area (Å²) in [6.45, 7) is 1.04. The largest absolute Gasteiger partial charge is 0.503 e. The predicted molar refractivity (Wildman–Crippen MR) is 134 cm³/mol. The standard InChI is InChI=1S/C27H30N2O7/c1-28(2)13-8-14-29-22(17-10-7-12-19(34-4)26(17)35-5)21(24(31)27(29)32)23(30)20-15-16-9-6-11-18(33-3)25(16)36-20/h6-7,9-12,15,22,31H,8,13-14H2,1-5H3/t22-/m1/s1. The zero-order chi connectivity index (χ0) is 26.0. The first-order valence-corrected chi connectivity index (χ1v) is 11.5. The Kier molecular flexibility index (Phi) is 7.21. The number of amides is 1. The van der Waals surface area contributed by atoms with Gasteiger partial charge >= 0.3 is 0 Å². The number of rotatable bonds is 10. The van der Waals surface area contributed by atoms with Crippen LogP contribution in [0.25, 0.3) is 11.0 Å². The number of Topliss-reactive ketones (excluding diaryl/α,β-unsaturated/α-hetero) is 1. The monoisotopic (exact) mass is 494 g/mol. The van der Waals surface area contributed by atoms with Gasteiger partial charge < -0.3 is 33.5 Å². The number of carbonyl (C=O) groups excluding carboxylic acids is 2. The molecule has 3 aromatic rings. The fraction of sp³-hybridized carbons (Fsp3) is 0.333. The average molecular weight is 495 g/mol. The van der Waals surface area contributed by atoms with Crippen LogP contribution in [0.3, 0.4) is 0 Å². The Morgan fingerprint density at radius 2 is 1.75 bits per heavy atom. The molecule has 0 aliphatic carbocycles. The van der Waals surface area contributed by atoms with Crippen molar-refractivity contribution >= 4 is 22.7 Å². The lowest BCUT2D eigenvalue weighted by Gasteiger charge is -2.28. The second kappa shape index (κ2) is 10.3. The molecule has 190 valence electrons. The van der Waals surface area contributed by atoms with Crippen molar-refractivity contribution in [2.24, 2.45) is 0 Å². The first kappa shape index (κ1) is 25.1. The molecule has 1 amide bonds. The summed E-state index contributed by atoms with van der Waals surface area (Å²) in [5, 5.41) is 11.7. The lowest BCUT2D eigenvalue weighted by molar-refractivity contribution is -0.129. The molecule has 0 fully saturated rings. The van der Waals surface area contributed by atoms with Crippen LogP contribution in [-0.4, -0.2) is 75.1 Å². The number of benzene rings is 2. The summed E-state index contributed by atoms with van der Waals surface area (Å²) in [5.74, 6) is -0.532. The van der Waals surface area contributed by atoms with E-state index in [0.717, 1.165) is 6.54 Å². The summed E-state index contributed by atoms with van der Waals surface area (Å²) in [4.78, 5) is 30.6. The molecule has 9 heteroatoms. The molecule has 1 aliphatic rings. The Labute approximate surface area is 209 Å². The molecule has 36 heavy (non-hydrogen) atoms. The van der Waals surface area contributed by atoms with E-state index in [1.807, 2.05) is 19.0 Å². The summed E-state index contributed by atoms with van der Waals surface area (Å²) in [5.41, 5.74) is 0.858. The van der Waals surface area contributed by atoms with Gasteiger partial charge in [0.05, 0.1) is 32.9 Å². The maximum absolute atomic E-state index is 13.8. The molecule has 0 saturated heterocycles. The number of ether oxygens (including phenoxy) is 3. The van der Waals surface area contributed by atoms with Crippen LogP contribution in [0.5, 0.6) is 17.2 Å². The van der Waals surface area contributed by atoms with Crippen LogP contribution in [0.4, 0.5) is 0 Å². The normalized spacial score (nSPS) is 15.8. The zero-order valence-electron chi connectivity index (χ0n) is 21.0. The smallest absolute Gasteiger partial charge is 0.290 e. The quantitative estimate of drug-likeness (QED) is 0.422. The maximum Gasteiger partial charge on any atom is 0.290 e. The summed E-state index contributed by atoms with van der Waals surface area (Å²) < 4.78 is 22.3. The van der Waals surface area contributed by atoms with Gasteiger partial charge in [0.1, 0.15) is 0 Å². The lowest BCUT2D eigenvalue weighted by Crippen LogP contribution is -2.33. The number of ketones is 1. The lowest BCUT2D eigenvalue weighted by atomic mass is 9.94. The van der Waals surface area contributed by atoms with Crippen molar-refractivity contribution in [2.75, 3.05) is 48.5 Å². The number of nitrogens with zero attached hydrogens (tertiary/aromatic N) is 2. The fourth-order valence-electron chi connectivity index (χ4n) is 4.57.